The lowest BCUT2D eigenvalue weighted by molar-refractivity contribution is -0.138. The first-order valence-electron chi connectivity index (χ1n) is 7.23. The van der Waals surface area contributed by atoms with Crippen LogP contribution in [0.1, 0.15) is 42.1 Å². The van der Waals surface area contributed by atoms with Gasteiger partial charge in [0.15, 0.2) is 12.4 Å². The zero-order valence-electron chi connectivity index (χ0n) is 12.4. The van der Waals surface area contributed by atoms with E-state index in [1.807, 2.05) is 17.9 Å². The van der Waals surface area contributed by atoms with Crippen LogP contribution in [-0.2, 0) is 4.79 Å². The summed E-state index contributed by atoms with van der Waals surface area (Å²) >= 11 is 3.36. The topological polar surface area (TPSA) is 46.6 Å². The minimum Gasteiger partial charge on any atom is -0.480 e. The van der Waals surface area contributed by atoms with Crippen LogP contribution in [0.25, 0.3) is 0 Å². The van der Waals surface area contributed by atoms with Crippen LogP contribution in [0.15, 0.2) is 16.6 Å². The van der Waals surface area contributed by atoms with E-state index in [2.05, 4.69) is 15.9 Å². The first-order chi connectivity index (χ1) is 10.0. The molecule has 0 saturated carbocycles. The molecule has 0 N–H and O–H groups in total. The number of amides is 1. The Labute approximate surface area is 133 Å². The molecule has 2 rings (SSSR count). The maximum atomic E-state index is 12.4. The van der Waals surface area contributed by atoms with E-state index in [9.17, 15) is 9.59 Å². The summed E-state index contributed by atoms with van der Waals surface area (Å²) in [6.07, 6.45) is 3.46. The Morgan fingerprint density at radius 2 is 2.00 bits per heavy atom. The summed E-state index contributed by atoms with van der Waals surface area (Å²) in [5, 5.41) is 0. The van der Waals surface area contributed by atoms with Gasteiger partial charge in [-0.1, -0.05) is 15.9 Å². The summed E-state index contributed by atoms with van der Waals surface area (Å²) in [4.78, 5) is 25.4. The molecule has 0 radical (unpaired) electrons. The van der Waals surface area contributed by atoms with Crippen molar-refractivity contribution in [2.24, 2.45) is 0 Å². The van der Waals surface area contributed by atoms with E-state index in [1.54, 1.807) is 13.0 Å². The first kappa shape index (κ1) is 16.0. The summed E-state index contributed by atoms with van der Waals surface area (Å²) in [5.74, 6) is 0.486. The number of likely N-dealkylation sites (tertiary alicyclic amines) is 1. The maximum absolute atomic E-state index is 12.4. The molecule has 1 saturated heterocycles. The average molecular weight is 354 g/mol. The van der Waals surface area contributed by atoms with Gasteiger partial charge in [-0.2, -0.15) is 0 Å². The Hall–Kier alpha value is -1.36. The standard InChI is InChI=1S/C16H20BrNO3/c1-11-8-14(17)9-13(10-19)15(11)21-12(2)16(20)18-6-4-3-5-7-18/h8-10,12H,3-7H2,1-2H3. The smallest absolute Gasteiger partial charge is 0.263 e. The van der Waals surface area contributed by atoms with E-state index < -0.39 is 6.10 Å². The van der Waals surface area contributed by atoms with Crippen LogP contribution >= 0.6 is 15.9 Å². The number of hydrogen-bond donors (Lipinski definition) is 0. The van der Waals surface area contributed by atoms with Gasteiger partial charge in [0, 0.05) is 17.6 Å². The van der Waals surface area contributed by atoms with Gasteiger partial charge >= 0.3 is 0 Å². The second kappa shape index (κ2) is 7.07. The summed E-state index contributed by atoms with van der Waals surface area (Å²) in [6, 6.07) is 3.58. The zero-order valence-corrected chi connectivity index (χ0v) is 14.0. The molecule has 114 valence electrons. The van der Waals surface area contributed by atoms with Crippen LogP contribution in [0.5, 0.6) is 5.75 Å². The Kier molecular flexibility index (Phi) is 5.39. The lowest BCUT2D eigenvalue weighted by Gasteiger charge is -2.29. The molecule has 21 heavy (non-hydrogen) atoms. The summed E-state index contributed by atoms with van der Waals surface area (Å²) in [7, 11) is 0. The van der Waals surface area contributed by atoms with Crippen molar-refractivity contribution in [2.75, 3.05) is 13.1 Å². The number of piperidine rings is 1. The minimum absolute atomic E-state index is 0.00568. The van der Waals surface area contributed by atoms with Crippen molar-refractivity contribution in [2.45, 2.75) is 39.2 Å². The number of aryl methyl sites for hydroxylation is 1. The number of benzene rings is 1. The molecule has 4 nitrogen and oxygen atoms in total. The van der Waals surface area contributed by atoms with Crippen molar-refractivity contribution >= 4 is 28.1 Å². The third-order valence-electron chi connectivity index (χ3n) is 3.71. The van der Waals surface area contributed by atoms with Crippen molar-refractivity contribution in [3.05, 3.63) is 27.7 Å². The molecular weight excluding hydrogens is 334 g/mol. The zero-order chi connectivity index (χ0) is 15.4. The number of hydrogen-bond acceptors (Lipinski definition) is 3. The largest absolute Gasteiger partial charge is 0.480 e. The first-order valence-corrected chi connectivity index (χ1v) is 8.03. The Morgan fingerprint density at radius 3 is 2.62 bits per heavy atom. The molecule has 0 bridgehead atoms. The van der Waals surface area contributed by atoms with Crippen molar-refractivity contribution in [3.63, 3.8) is 0 Å². The van der Waals surface area contributed by atoms with Crippen LogP contribution in [0.3, 0.4) is 0 Å². The molecule has 5 heteroatoms. The van der Waals surface area contributed by atoms with Gasteiger partial charge in [0.2, 0.25) is 0 Å². The van der Waals surface area contributed by atoms with Crippen LogP contribution < -0.4 is 4.74 Å². The number of rotatable bonds is 4. The molecule has 1 atom stereocenters. The minimum atomic E-state index is -0.582. The molecule has 0 aliphatic carbocycles. The molecular formula is C16H20BrNO3. The summed E-state index contributed by atoms with van der Waals surface area (Å²) in [6.45, 7) is 5.21. The number of aldehydes is 1. The lowest BCUT2D eigenvalue weighted by atomic mass is 10.1. The van der Waals surface area contributed by atoms with Crippen LogP contribution in [-0.4, -0.2) is 36.3 Å². The molecule has 1 amide bonds. The summed E-state index contributed by atoms with van der Waals surface area (Å²) < 4.78 is 6.62. The molecule has 0 spiro atoms. The Bertz CT molecular complexity index is 539. The van der Waals surface area contributed by atoms with E-state index in [1.165, 1.54) is 6.42 Å². The van der Waals surface area contributed by atoms with Crippen LogP contribution in [0, 0.1) is 6.92 Å². The quantitative estimate of drug-likeness (QED) is 0.779. The number of carbonyl (C=O) groups excluding carboxylic acids is 2. The Balaban J connectivity index is 2.13. The van der Waals surface area contributed by atoms with Gasteiger partial charge in [0.1, 0.15) is 5.75 Å². The van der Waals surface area contributed by atoms with Gasteiger partial charge < -0.3 is 9.64 Å². The van der Waals surface area contributed by atoms with E-state index in [0.29, 0.717) is 11.3 Å². The van der Waals surface area contributed by atoms with E-state index >= 15 is 0 Å². The highest BCUT2D eigenvalue weighted by atomic mass is 79.9. The van der Waals surface area contributed by atoms with Crippen molar-refractivity contribution in [1.82, 2.24) is 4.90 Å². The number of halogens is 1. The van der Waals surface area contributed by atoms with Gasteiger partial charge in [0.25, 0.3) is 5.91 Å². The van der Waals surface area contributed by atoms with Gasteiger partial charge in [-0.25, -0.2) is 0 Å². The molecule has 1 aromatic carbocycles. The fourth-order valence-corrected chi connectivity index (χ4v) is 3.19. The SMILES string of the molecule is Cc1cc(Br)cc(C=O)c1OC(C)C(=O)N1CCCCC1. The fourth-order valence-electron chi connectivity index (χ4n) is 2.60. The van der Waals surface area contributed by atoms with E-state index in [4.69, 9.17) is 4.74 Å². The average Bonchev–Trinajstić information content (AvgIpc) is 2.49. The number of carbonyl (C=O) groups is 2. The monoisotopic (exact) mass is 353 g/mol. The van der Waals surface area contributed by atoms with Crippen molar-refractivity contribution in [3.8, 4) is 5.75 Å². The van der Waals surface area contributed by atoms with Gasteiger partial charge in [0.05, 0.1) is 5.56 Å². The van der Waals surface area contributed by atoms with Gasteiger partial charge in [-0.05, 0) is 50.8 Å². The molecule has 0 aromatic heterocycles. The normalized spacial score (nSPS) is 16.4. The van der Waals surface area contributed by atoms with Crippen molar-refractivity contribution < 1.29 is 14.3 Å². The highest BCUT2D eigenvalue weighted by Gasteiger charge is 2.24. The molecule has 1 unspecified atom stereocenters. The van der Waals surface area contributed by atoms with Gasteiger partial charge in [-0.3, -0.25) is 9.59 Å². The van der Waals surface area contributed by atoms with E-state index in [0.717, 1.165) is 42.3 Å². The highest BCUT2D eigenvalue weighted by molar-refractivity contribution is 9.10. The molecule has 1 aliphatic heterocycles. The Morgan fingerprint density at radius 1 is 1.33 bits per heavy atom. The number of nitrogens with zero attached hydrogens (tertiary/aromatic N) is 1. The lowest BCUT2D eigenvalue weighted by Crippen LogP contribution is -2.43. The van der Waals surface area contributed by atoms with Crippen LogP contribution in [0.2, 0.25) is 0 Å². The molecule has 1 aromatic rings. The second-order valence-corrected chi connectivity index (χ2v) is 6.32. The molecule has 1 heterocycles. The molecule has 1 fully saturated rings. The highest BCUT2D eigenvalue weighted by Crippen LogP contribution is 2.28. The van der Waals surface area contributed by atoms with Crippen LogP contribution in [0.4, 0.5) is 0 Å². The van der Waals surface area contributed by atoms with Crippen molar-refractivity contribution in [1.29, 1.82) is 0 Å². The predicted octanol–water partition coefficient (Wildman–Crippen LogP) is 3.35. The third kappa shape index (κ3) is 3.84. The fraction of sp³-hybridized carbons (Fsp3) is 0.500. The number of ether oxygens (including phenoxy) is 1. The summed E-state index contributed by atoms with van der Waals surface area (Å²) in [5.41, 5.74) is 1.30. The van der Waals surface area contributed by atoms with E-state index in [-0.39, 0.29) is 5.91 Å². The molecule has 1 aliphatic rings. The second-order valence-electron chi connectivity index (χ2n) is 5.40. The predicted molar refractivity (Wildman–Crippen MR) is 84.8 cm³/mol. The van der Waals surface area contributed by atoms with Gasteiger partial charge in [-0.15, -0.1) is 0 Å². The maximum Gasteiger partial charge on any atom is 0.263 e. The third-order valence-corrected chi connectivity index (χ3v) is 4.16.